The van der Waals surface area contributed by atoms with Crippen molar-refractivity contribution in [1.29, 1.82) is 0 Å². The first-order valence-corrected chi connectivity index (χ1v) is 6.82. The first-order valence-electron chi connectivity index (χ1n) is 6.82. The molecule has 5 heteroatoms. The minimum Gasteiger partial charge on any atom is -0.494 e. The van der Waals surface area contributed by atoms with Crippen molar-refractivity contribution in [3.63, 3.8) is 0 Å². The van der Waals surface area contributed by atoms with E-state index in [4.69, 9.17) is 4.74 Å². The minimum atomic E-state index is -0.712. The van der Waals surface area contributed by atoms with Gasteiger partial charge in [-0.1, -0.05) is 12.1 Å². The molecule has 0 amide bonds. The van der Waals surface area contributed by atoms with Gasteiger partial charge in [-0.2, -0.15) is 0 Å². The number of aliphatic hydroxyl groups excluding tert-OH is 1. The van der Waals surface area contributed by atoms with Gasteiger partial charge in [0.05, 0.1) is 19.3 Å². The molecule has 0 radical (unpaired) electrons. The van der Waals surface area contributed by atoms with E-state index < -0.39 is 6.10 Å². The van der Waals surface area contributed by atoms with Crippen LogP contribution in [0.15, 0.2) is 41.5 Å². The van der Waals surface area contributed by atoms with E-state index in [0.29, 0.717) is 13.2 Å². The average molecular weight is 276 g/mol. The Labute approximate surface area is 118 Å². The summed E-state index contributed by atoms with van der Waals surface area (Å²) in [4.78, 5) is 11.9. The highest BCUT2D eigenvalue weighted by Gasteiger charge is 2.11. The topological polar surface area (TPSA) is 56.4 Å². The normalized spacial score (nSPS) is 12.3. The maximum absolute atomic E-state index is 11.9. The molecule has 1 heterocycles. The summed E-state index contributed by atoms with van der Waals surface area (Å²) in [6, 6.07) is 7.28. The Bertz CT molecular complexity index is 598. The van der Waals surface area contributed by atoms with Crippen molar-refractivity contribution in [1.82, 2.24) is 9.13 Å². The molecule has 0 spiro atoms. The van der Waals surface area contributed by atoms with Crippen molar-refractivity contribution in [2.75, 3.05) is 6.61 Å². The Morgan fingerprint density at radius 2 is 1.80 bits per heavy atom. The molecule has 2 rings (SSSR count). The monoisotopic (exact) mass is 276 g/mol. The largest absolute Gasteiger partial charge is 0.494 e. The van der Waals surface area contributed by atoms with Crippen LogP contribution in [0, 0.1) is 0 Å². The van der Waals surface area contributed by atoms with E-state index in [1.807, 2.05) is 38.1 Å². The lowest BCUT2D eigenvalue weighted by Gasteiger charge is -2.12. The van der Waals surface area contributed by atoms with Crippen molar-refractivity contribution in [2.24, 2.45) is 0 Å². The zero-order valence-electron chi connectivity index (χ0n) is 11.8. The summed E-state index contributed by atoms with van der Waals surface area (Å²) in [6.07, 6.45) is 2.72. The van der Waals surface area contributed by atoms with Gasteiger partial charge in [0.25, 0.3) is 0 Å². The Morgan fingerprint density at radius 3 is 2.35 bits per heavy atom. The van der Waals surface area contributed by atoms with Gasteiger partial charge >= 0.3 is 5.69 Å². The molecule has 0 fully saturated rings. The van der Waals surface area contributed by atoms with Gasteiger partial charge in [0, 0.05) is 18.9 Å². The van der Waals surface area contributed by atoms with Gasteiger partial charge in [0.2, 0.25) is 0 Å². The van der Waals surface area contributed by atoms with Crippen LogP contribution in [0.25, 0.3) is 0 Å². The van der Waals surface area contributed by atoms with Gasteiger partial charge < -0.3 is 9.84 Å². The molecule has 1 atom stereocenters. The molecule has 0 saturated carbocycles. The molecule has 1 unspecified atom stereocenters. The Balaban J connectivity index is 2.09. The van der Waals surface area contributed by atoms with E-state index >= 15 is 0 Å². The average Bonchev–Trinajstić information content (AvgIpc) is 2.80. The fourth-order valence-corrected chi connectivity index (χ4v) is 2.08. The molecule has 0 bridgehead atoms. The summed E-state index contributed by atoms with van der Waals surface area (Å²) in [5, 5.41) is 10.2. The van der Waals surface area contributed by atoms with Gasteiger partial charge in [0.1, 0.15) is 5.75 Å². The highest BCUT2D eigenvalue weighted by atomic mass is 16.5. The molecule has 1 aromatic heterocycles. The standard InChI is InChI=1S/C15H20N2O3/c1-3-16-9-10-17(15(16)19)11-14(18)12-5-7-13(8-6-12)20-4-2/h5-10,14,18H,3-4,11H2,1-2H3. The number of benzene rings is 1. The zero-order chi connectivity index (χ0) is 14.5. The van der Waals surface area contributed by atoms with Crippen LogP contribution < -0.4 is 10.4 Å². The third kappa shape index (κ3) is 3.11. The number of nitrogens with zero attached hydrogens (tertiary/aromatic N) is 2. The van der Waals surface area contributed by atoms with Gasteiger partial charge in [0.15, 0.2) is 0 Å². The van der Waals surface area contributed by atoms with E-state index in [0.717, 1.165) is 11.3 Å². The Morgan fingerprint density at radius 1 is 1.15 bits per heavy atom. The van der Waals surface area contributed by atoms with Crippen molar-refractivity contribution >= 4 is 0 Å². The van der Waals surface area contributed by atoms with Gasteiger partial charge in [-0.25, -0.2) is 4.79 Å². The second kappa shape index (κ2) is 6.43. The molecule has 20 heavy (non-hydrogen) atoms. The van der Waals surface area contributed by atoms with Crippen LogP contribution in [0.2, 0.25) is 0 Å². The van der Waals surface area contributed by atoms with Gasteiger partial charge in [-0.15, -0.1) is 0 Å². The minimum absolute atomic E-state index is 0.0995. The summed E-state index contributed by atoms with van der Waals surface area (Å²) >= 11 is 0. The maximum atomic E-state index is 11.9. The molecule has 108 valence electrons. The number of imidazole rings is 1. The number of ether oxygens (including phenoxy) is 1. The van der Waals surface area contributed by atoms with E-state index in [-0.39, 0.29) is 12.2 Å². The summed E-state index contributed by atoms with van der Waals surface area (Å²) < 4.78 is 8.48. The fourth-order valence-electron chi connectivity index (χ4n) is 2.08. The molecule has 0 aliphatic heterocycles. The summed E-state index contributed by atoms with van der Waals surface area (Å²) in [5.74, 6) is 0.776. The summed E-state index contributed by atoms with van der Waals surface area (Å²) in [5.41, 5.74) is 0.669. The number of hydrogen-bond acceptors (Lipinski definition) is 3. The lowest BCUT2D eigenvalue weighted by atomic mass is 10.1. The number of hydrogen-bond donors (Lipinski definition) is 1. The van der Waals surface area contributed by atoms with E-state index in [9.17, 15) is 9.90 Å². The Kier molecular flexibility index (Phi) is 4.63. The summed E-state index contributed by atoms with van der Waals surface area (Å²) in [6.45, 7) is 5.33. The molecule has 0 aliphatic carbocycles. The SMILES string of the molecule is CCOc1ccc(C(O)Cn2ccn(CC)c2=O)cc1. The van der Waals surface area contributed by atoms with E-state index in [2.05, 4.69) is 0 Å². The molecule has 0 aliphatic rings. The van der Waals surface area contributed by atoms with Crippen LogP contribution in [0.1, 0.15) is 25.5 Å². The smallest absolute Gasteiger partial charge is 0.328 e. The maximum Gasteiger partial charge on any atom is 0.328 e. The number of aliphatic hydroxyl groups is 1. The van der Waals surface area contributed by atoms with Gasteiger partial charge in [-0.3, -0.25) is 9.13 Å². The number of rotatable bonds is 6. The zero-order valence-corrected chi connectivity index (χ0v) is 11.8. The second-order valence-corrected chi connectivity index (χ2v) is 4.54. The quantitative estimate of drug-likeness (QED) is 0.875. The van der Waals surface area contributed by atoms with E-state index in [1.165, 1.54) is 4.57 Å². The van der Waals surface area contributed by atoms with Crippen molar-refractivity contribution < 1.29 is 9.84 Å². The van der Waals surface area contributed by atoms with E-state index in [1.54, 1.807) is 17.0 Å². The third-order valence-electron chi connectivity index (χ3n) is 3.20. The Hall–Kier alpha value is -2.01. The third-order valence-corrected chi connectivity index (χ3v) is 3.20. The molecule has 5 nitrogen and oxygen atoms in total. The highest BCUT2D eigenvalue weighted by Crippen LogP contribution is 2.18. The number of aryl methyl sites for hydroxylation is 1. The predicted molar refractivity (Wildman–Crippen MR) is 76.9 cm³/mol. The molecular weight excluding hydrogens is 256 g/mol. The van der Waals surface area contributed by atoms with Crippen LogP contribution in [-0.4, -0.2) is 20.8 Å². The predicted octanol–water partition coefficient (Wildman–Crippen LogP) is 1.80. The lowest BCUT2D eigenvalue weighted by Crippen LogP contribution is -2.25. The molecule has 2 aromatic rings. The first-order chi connectivity index (χ1) is 9.65. The van der Waals surface area contributed by atoms with Crippen molar-refractivity contribution in [3.05, 3.63) is 52.7 Å². The lowest BCUT2D eigenvalue weighted by molar-refractivity contribution is 0.155. The first kappa shape index (κ1) is 14.4. The highest BCUT2D eigenvalue weighted by molar-refractivity contribution is 5.28. The van der Waals surface area contributed by atoms with Crippen molar-refractivity contribution in [2.45, 2.75) is 33.0 Å². The molecule has 1 aromatic carbocycles. The molecule has 0 saturated heterocycles. The fraction of sp³-hybridized carbons (Fsp3) is 0.400. The molecule has 1 N–H and O–H groups in total. The second-order valence-electron chi connectivity index (χ2n) is 4.54. The molecular formula is C15H20N2O3. The van der Waals surface area contributed by atoms with Crippen LogP contribution in [0.4, 0.5) is 0 Å². The van der Waals surface area contributed by atoms with Crippen LogP contribution in [-0.2, 0) is 13.1 Å². The van der Waals surface area contributed by atoms with Crippen LogP contribution >= 0.6 is 0 Å². The van der Waals surface area contributed by atoms with Crippen LogP contribution in [0.3, 0.4) is 0 Å². The number of aromatic nitrogens is 2. The van der Waals surface area contributed by atoms with Gasteiger partial charge in [-0.05, 0) is 31.5 Å². The van der Waals surface area contributed by atoms with Crippen molar-refractivity contribution in [3.8, 4) is 5.75 Å². The van der Waals surface area contributed by atoms with Crippen LogP contribution in [0.5, 0.6) is 5.75 Å². The summed E-state index contributed by atoms with van der Waals surface area (Å²) in [7, 11) is 0.